The number of carbonyl (C=O) groups is 3. The lowest BCUT2D eigenvalue weighted by Gasteiger charge is -2.14. The molecule has 7 heteroatoms. The number of carbonyl (C=O) groups excluding carboxylic acids is 3. The minimum absolute atomic E-state index is 0.297. The van der Waals surface area contributed by atoms with Crippen molar-refractivity contribution in [1.82, 2.24) is 0 Å². The first kappa shape index (κ1) is 19.0. The van der Waals surface area contributed by atoms with Crippen LogP contribution in [0, 0.1) is 6.92 Å². The van der Waals surface area contributed by atoms with Crippen molar-refractivity contribution in [3.05, 3.63) is 59.7 Å². The van der Waals surface area contributed by atoms with E-state index in [0.717, 1.165) is 5.56 Å². The van der Waals surface area contributed by atoms with Crippen LogP contribution < -0.4 is 15.8 Å². The van der Waals surface area contributed by atoms with E-state index >= 15 is 0 Å². The molecule has 0 aromatic heterocycles. The van der Waals surface area contributed by atoms with Gasteiger partial charge in [-0.05, 0) is 55.8 Å². The lowest BCUT2D eigenvalue weighted by molar-refractivity contribution is -0.155. The first-order chi connectivity index (χ1) is 12.3. The molecule has 0 bridgehead atoms. The molecule has 7 nitrogen and oxygen atoms in total. The van der Waals surface area contributed by atoms with Crippen molar-refractivity contribution in [2.75, 3.05) is 11.9 Å². The lowest BCUT2D eigenvalue weighted by atomic mass is 10.2. The summed E-state index contributed by atoms with van der Waals surface area (Å²) in [6.45, 7) is 3.07. The maximum Gasteiger partial charge on any atom is 0.344 e. The molecule has 2 aromatic rings. The van der Waals surface area contributed by atoms with Gasteiger partial charge in [0.2, 0.25) is 5.91 Å². The van der Waals surface area contributed by atoms with Crippen molar-refractivity contribution in [3.8, 4) is 5.75 Å². The van der Waals surface area contributed by atoms with Crippen molar-refractivity contribution in [2.45, 2.75) is 20.0 Å². The molecule has 1 unspecified atom stereocenters. The zero-order chi connectivity index (χ0) is 19.1. The smallest absolute Gasteiger partial charge is 0.344 e. The van der Waals surface area contributed by atoms with E-state index in [1.165, 1.54) is 31.2 Å². The number of primary amides is 1. The molecule has 26 heavy (non-hydrogen) atoms. The van der Waals surface area contributed by atoms with Gasteiger partial charge >= 0.3 is 5.97 Å². The third-order valence-electron chi connectivity index (χ3n) is 3.46. The van der Waals surface area contributed by atoms with E-state index in [4.69, 9.17) is 15.2 Å². The topological polar surface area (TPSA) is 108 Å². The molecule has 0 saturated carbocycles. The predicted octanol–water partition coefficient (Wildman–Crippen LogP) is 2.04. The van der Waals surface area contributed by atoms with Crippen LogP contribution >= 0.6 is 0 Å². The molecule has 0 fully saturated rings. The van der Waals surface area contributed by atoms with E-state index in [0.29, 0.717) is 17.0 Å². The van der Waals surface area contributed by atoms with Gasteiger partial charge in [-0.1, -0.05) is 12.1 Å². The number of esters is 1. The molecule has 2 rings (SSSR count). The zero-order valence-corrected chi connectivity index (χ0v) is 14.5. The highest BCUT2D eigenvalue weighted by Gasteiger charge is 2.18. The molecule has 0 spiro atoms. The van der Waals surface area contributed by atoms with E-state index in [1.54, 1.807) is 12.1 Å². The number of nitrogens with one attached hydrogen (secondary N) is 1. The first-order valence-corrected chi connectivity index (χ1v) is 7.95. The van der Waals surface area contributed by atoms with Crippen LogP contribution in [0.3, 0.4) is 0 Å². The number of amides is 2. The summed E-state index contributed by atoms with van der Waals surface area (Å²) in [6, 6.07) is 13.3. The molecule has 0 aliphatic rings. The highest BCUT2D eigenvalue weighted by molar-refractivity contribution is 5.96. The summed E-state index contributed by atoms with van der Waals surface area (Å²) in [5, 5.41) is 2.59. The Bertz CT molecular complexity index is 802. The van der Waals surface area contributed by atoms with Gasteiger partial charge in [-0.15, -0.1) is 0 Å². The van der Waals surface area contributed by atoms with Gasteiger partial charge in [-0.3, -0.25) is 9.59 Å². The first-order valence-electron chi connectivity index (χ1n) is 7.95. The predicted molar refractivity (Wildman–Crippen MR) is 95.8 cm³/mol. The van der Waals surface area contributed by atoms with Crippen molar-refractivity contribution in [3.63, 3.8) is 0 Å². The van der Waals surface area contributed by atoms with Crippen molar-refractivity contribution < 1.29 is 23.9 Å². The number of ether oxygens (including phenoxy) is 2. The lowest BCUT2D eigenvalue weighted by Crippen LogP contribution is -2.31. The van der Waals surface area contributed by atoms with Crippen LogP contribution in [0.15, 0.2) is 48.5 Å². The summed E-state index contributed by atoms with van der Waals surface area (Å²) in [5.41, 5.74) is 6.94. The molecule has 0 heterocycles. The van der Waals surface area contributed by atoms with Crippen LogP contribution in [0.1, 0.15) is 22.8 Å². The number of rotatable bonds is 7. The average Bonchev–Trinajstić information content (AvgIpc) is 2.60. The van der Waals surface area contributed by atoms with E-state index in [2.05, 4.69) is 5.32 Å². The fourth-order valence-corrected chi connectivity index (χ4v) is 2.09. The number of nitrogens with two attached hydrogens (primary N) is 1. The summed E-state index contributed by atoms with van der Waals surface area (Å²) in [6.07, 6.45) is -1.00. The average molecular weight is 356 g/mol. The van der Waals surface area contributed by atoms with Gasteiger partial charge in [0.25, 0.3) is 5.91 Å². The van der Waals surface area contributed by atoms with Crippen LogP contribution in [-0.2, 0) is 14.3 Å². The van der Waals surface area contributed by atoms with Gasteiger partial charge < -0.3 is 20.5 Å². The van der Waals surface area contributed by atoms with Crippen LogP contribution in [0.4, 0.5) is 5.69 Å². The maximum atomic E-state index is 12.1. The largest absolute Gasteiger partial charge is 0.482 e. The Morgan fingerprint density at radius 3 is 2.42 bits per heavy atom. The Morgan fingerprint density at radius 2 is 1.81 bits per heavy atom. The molecule has 3 N–H and O–H groups in total. The zero-order valence-electron chi connectivity index (χ0n) is 14.5. The highest BCUT2D eigenvalue weighted by Crippen LogP contribution is 2.13. The number of benzene rings is 2. The quantitative estimate of drug-likeness (QED) is 0.738. The van der Waals surface area contributed by atoms with Crippen LogP contribution in [0.5, 0.6) is 5.75 Å². The summed E-state index contributed by atoms with van der Waals surface area (Å²) < 4.78 is 10.4. The van der Waals surface area contributed by atoms with E-state index in [-0.39, 0.29) is 6.61 Å². The Morgan fingerprint density at radius 1 is 1.12 bits per heavy atom. The summed E-state index contributed by atoms with van der Waals surface area (Å²) in [4.78, 5) is 34.9. The van der Waals surface area contributed by atoms with Gasteiger partial charge in [0, 0.05) is 11.3 Å². The normalized spacial score (nSPS) is 11.3. The Labute approximate surface area is 151 Å². The molecule has 2 aromatic carbocycles. The second-order valence-electron chi connectivity index (χ2n) is 5.67. The second-order valence-corrected chi connectivity index (χ2v) is 5.67. The van der Waals surface area contributed by atoms with Gasteiger partial charge in [0.05, 0.1) is 0 Å². The van der Waals surface area contributed by atoms with Gasteiger partial charge in [0.15, 0.2) is 12.7 Å². The van der Waals surface area contributed by atoms with Gasteiger partial charge in [0.1, 0.15) is 5.75 Å². The molecule has 1 atom stereocenters. The maximum absolute atomic E-state index is 12.1. The number of aryl methyl sites for hydroxylation is 1. The van der Waals surface area contributed by atoms with E-state index in [9.17, 15) is 14.4 Å². The Kier molecular flexibility index (Phi) is 6.32. The molecule has 0 radical (unpaired) electrons. The number of hydrogen-bond donors (Lipinski definition) is 2. The van der Waals surface area contributed by atoms with Gasteiger partial charge in [-0.2, -0.15) is 0 Å². The third-order valence-corrected chi connectivity index (χ3v) is 3.46. The number of hydrogen-bond acceptors (Lipinski definition) is 5. The molecule has 136 valence electrons. The minimum Gasteiger partial charge on any atom is -0.482 e. The Hall–Kier alpha value is -3.35. The molecular weight excluding hydrogens is 336 g/mol. The highest BCUT2D eigenvalue weighted by atomic mass is 16.6. The minimum atomic E-state index is -1.00. The standard InChI is InChI=1S/C19H20N2O5/c1-12-4-3-5-16(10-12)25-11-17(22)26-13(2)19(24)21-15-8-6-14(7-9-15)18(20)23/h3-10,13H,11H2,1-2H3,(H2,20,23)(H,21,24). The summed E-state index contributed by atoms with van der Waals surface area (Å²) in [5.74, 6) is -1.16. The summed E-state index contributed by atoms with van der Waals surface area (Å²) in [7, 11) is 0. The van der Waals surface area contributed by atoms with Gasteiger partial charge in [-0.25, -0.2) is 4.79 Å². The van der Waals surface area contributed by atoms with E-state index < -0.39 is 23.9 Å². The van der Waals surface area contributed by atoms with E-state index in [1.807, 2.05) is 19.1 Å². The number of anilines is 1. The molecule has 0 aliphatic carbocycles. The SMILES string of the molecule is Cc1cccc(OCC(=O)OC(C)C(=O)Nc2ccc(C(N)=O)cc2)c1. The fraction of sp³-hybridized carbons (Fsp3) is 0.211. The molecule has 2 amide bonds. The monoisotopic (exact) mass is 356 g/mol. The summed E-state index contributed by atoms with van der Waals surface area (Å²) >= 11 is 0. The van der Waals surface area contributed by atoms with Crippen LogP contribution in [-0.4, -0.2) is 30.5 Å². The molecular formula is C19H20N2O5. The van der Waals surface area contributed by atoms with Crippen LogP contribution in [0.25, 0.3) is 0 Å². The van der Waals surface area contributed by atoms with Crippen molar-refractivity contribution >= 4 is 23.5 Å². The van der Waals surface area contributed by atoms with Crippen molar-refractivity contribution in [1.29, 1.82) is 0 Å². The fourth-order valence-electron chi connectivity index (χ4n) is 2.09. The molecule has 0 aliphatic heterocycles. The third kappa shape index (κ3) is 5.62. The Balaban J connectivity index is 1.82. The second kappa shape index (κ2) is 8.66. The van der Waals surface area contributed by atoms with Crippen molar-refractivity contribution in [2.24, 2.45) is 5.73 Å². The van der Waals surface area contributed by atoms with Crippen LogP contribution in [0.2, 0.25) is 0 Å². The molecule has 0 saturated heterocycles.